The number of nitrogens with zero attached hydrogens (tertiary/aromatic N) is 5. The highest BCUT2D eigenvalue weighted by molar-refractivity contribution is 5.64. The smallest absolute Gasteiger partial charge is 0.222 e. The highest BCUT2D eigenvalue weighted by Gasteiger charge is 2.13. The number of nitrogens with two attached hydrogens (primary N) is 1. The van der Waals surface area contributed by atoms with Crippen LogP contribution in [0.15, 0.2) is 49.1 Å². The second kappa shape index (κ2) is 6.43. The van der Waals surface area contributed by atoms with Crippen LogP contribution in [0.2, 0.25) is 0 Å². The molecule has 6 nitrogen and oxygen atoms in total. The van der Waals surface area contributed by atoms with Gasteiger partial charge < -0.3 is 5.73 Å². The van der Waals surface area contributed by atoms with Gasteiger partial charge in [-0.05, 0) is 18.6 Å². The molecule has 3 rings (SSSR count). The Hall–Kier alpha value is -2.96. The zero-order valence-electron chi connectivity index (χ0n) is 12.7. The van der Waals surface area contributed by atoms with Crippen molar-refractivity contribution in [3.63, 3.8) is 0 Å². The molecule has 0 spiro atoms. The van der Waals surface area contributed by atoms with E-state index in [1.165, 1.54) is 12.1 Å². The van der Waals surface area contributed by atoms with E-state index in [0.29, 0.717) is 17.1 Å². The summed E-state index contributed by atoms with van der Waals surface area (Å²) in [4.78, 5) is 12.6. The van der Waals surface area contributed by atoms with E-state index in [-0.39, 0.29) is 11.8 Å². The van der Waals surface area contributed by atoms with Gasteiger partial charge in [0.05, 0.1) is 5.69 Å². The molecule has 2 aromatic heterocycles. The first kappa shape index (κ1) is 15.0. The lowest BCUT2D eigenvalue weighted by atomic mass is 10.1. The summed E-state index contributed by atoms with van der Waals surface area (Å²) in [5.74, 6) is 0.459. The molecule has 0 bridgehead atoms. The maximum Gasteiger partial charge on any atom is 0.222 e. The Morgan fingerprint density at radius 3 is 2.83 bits per heavy atom. The van der Waals surface area contributed by atoms with Crippen LogP contribution in [0.1, 0.15) is 13.3 Å². The minimum atomic E-state index is -0.318. The predicted molar refractivity (Wildman–Crippen MR) is 87.1 cm³/mol. The summed E-state index contributed by atoms with van der Waals surface area (Å²) in [6, 6.07) is 8.04. The molecular formula is C16H17FN6. The molecule has 0 unspecified atom stereocenters. The topological polar surface area (TPSA) is 72.9 Å². The van der Waals surface area contributed by atoms with Gasteiger partial charge in [0.25, 0.3) is 0 Å². The highest BCUT2D eigenvalue weighted by atomic mass is 19.1. The first-order valence-corrected chi connectivity index (χ1v) is 7.33. The number of benzene rings is 1. The summed E-state index contributed by atoms with van der Waals surface area (Å²) in [5, 5.41) is 1.94. The normalized spacial score (nSPS) is 10.7. The predicted octanol–water partition coefficient (Wildman–Crippen LogP) is 2.74. The van der Waals surface area contributed by atoms with Crippen molar-refractivity contribution in [3.8, 4) is 11.3 Å². The maximum absolute atomic E-state index is 13.5. The van der Waals surface area contributed by atoms with Crippen LogP contribution in [0.25, 0.3) is 11.3 Å². The van der Waals surface area contributed by atoms with Gasteiger partial charge in [-0.15, -0.1) is 0 Å². The van der Waals surface area contributed by atoms with Gasteiger partial charge in [-0.2, -0.15) is 4.98 Å². The lowest BCUT2D eigenvalue weighted by Crippen LogP contribution is -2.30. The van der Waals surface area contributed by atoms with E-state index in [2.05, 4.69) is 21.9 Å². The third-order valence-electron chi connectivity index (χ3n) is 3.32. The molecule has 118 valence electrons. The lowest BCUT2D eigenvalue weighted by Gasteiger charge is -2.24. The number of halogens is 1. The SMILES string of the molecule is CCCN(c1cc(-c2cccc(F)c2)nc(N)n1)n1ccnc1. The first-order chi connectivity index (χ1) is 11.2. The average molecular weight is 312 g/mol. The Balaban J connectivity index is 2.05. The summed E-state index contributed by atoms with van der Waals surface area (Å²) >= 11 is 0. The molecule has 0 aliphatic rings. The molecule has 0 aliphatic heterocycles. The molecule has 1 aromatic carbocycles. The van der Waals surface area contributed by atoms with Crippen molar-refractivity contribution in [2.75, 3.05) is 17.3 Å². The van der Waals surface area contributed by atoms with Gasteiger partial charge in [0, 0.05) is 30.6 Å². The summed E-state index contributed by atoms with van der Waals surface area (Å²) < 4.78 is 15.3. The Morgan fingerprint density at radius 2 is 2.13 bits per heavy atom. The summed E-state index contributed by atoms with van der Waals surface area (Å²) in [7, 11) is 0. The van der Waals surface area contributed by atoms with Crippen LogP contribution >= 0.6 is 0 Å². The Morgan fingerprint density at radius 1 is 1.26 bits per heavy atom. The van der Waals surface area contributed by atoms with Gasteiger partial charge in [0.2, 0.25) is 5.95 Å². The Labute approximate surface area is 133 Å². The maximum atomic E-state index is 13.5. The van der Waals surface area contributed by atoms with Crippen molar-refractivity contribution >= 4 is 11.8 Å². The summed E-state index contributed by atoms with van der Waals surface area (Å²) in [5.41, 5.74) is 7.09. The number of hydrogen-bond acceptors (Lipinski definition) is 5. The van der Waals surface area contributed by atoms with Crippen molar-refractivity contribution in [2.45, 2.75) is 13.3 Å². The number of nitrogen functional groups attached to an aromatic ring is 1. The highest BCUT2D eigenvalue weighted by Crippen LogP contribution is 2.23. The largest absolute Gasteiger partial charge is 0.368 e. The van der Waals surface area contributed by atoms with Gasteiger partial charge in [0.1, 0.15) is 12.1 Å². The standard InChI is InChI=1S/C16H17FN6/c1-2-7-23(22-8-6-19-11-22)15-10-14(20-16(18)21-15)12-4-3-5-13(17)9-12/h3-6,8-11H,2,7H2,1H3,(H2,18,20,21). The van der Waals surface area contributed by atoms with Gasteiger partial charge >= 0.3 is 0 Å². The van der Waals surface area contributed by atoms with E-state index >= 15 is 0 Å². The van der Waals surface area contributed by atoms with E-state index in [4.69, 9.17) is 5.73 Å². The molecule has 0 atom stereocenters. The second-order valence-corrected chi connectivity index (χ2v) is 5.05. The van der Waals surface area contributed by atoms with Crippen LogP contribution in [0.5, 0.6) is 0 Å². The van der Waals surface area contributed by atoms with Crippen molar-refractivity contribution in [3.05, 3.63) is 54.9 Å². The second-order valence-electron chi connectivity index (χ2n) is 5.05. The van der Waals surface area contributed by atoms with E-state index in [0.717, 1.165) is 13.0 Å². The molecule has 0 radical (unpaired) electrons. The van der Waals surface area contributed by atoms with E-state index < -0.39 is 0 Å². The minimum Gasteiger partial charge on any atom is -0.368 e. The van der Waals surface area contributed by atoms with Crippen LogP contribution in [-0.2, 0) is 0 Å². The molecule has 0 saturated heterocycles. The van der Waals surface area contributed by atoms with E-state index in [9.17, 15) is 4.39 Å². The quantitative estimate of drug-likeness (QED) is 0.784. The fourth-order valence-corrected chi connectivity index (χ4v) is 2.34. The van der Waals surface area contributed by atoms with Crippen LogP contribution in [0, 0.1) is 5.82 Å². The zero-order valence-corrected chi connectivity index (χ0v) is 12.7. The Kier molecular flexibility index (Phi) is 4.18. The zero-order chi connectivity index (χ0) is 16.2. The van der Waals surface area contributed by atoms with Crippen molar-refractivity contribution in [1.82, 2.24) is 19.6 Å². The van der Waals surface area contributed by atoms with Crippen molar-refractivity contribution in [2.24, 2.45) is 0 Å². The van der Waals surface area contributed by atoms with Crippen LogP contribution < -0.4 is 10.7 Å². The number of aromatic nitrogens is 4. The average Bonchev–Trinajstić information content (AvgIpc) is 3.06. The molecule has 2 N–H and O–H groups in total. The van der Waals surface area contributed by atoms with E-state index in [1.807, 2.05) is 15.9 Å². The van der Waals surface area contributed by atoms with Crippen molar-refractivity contribution in [1.29, 1.82) is 0 Å². The number of hydrogen-bond donors (Lipinski definition) is 1. The molecular weight excluding hydrogens is 295 g/mol. The molecule has 0 amide bonds. The van der Waals surface area contributed by atoms with Gasteiger partial charge in [0.15, 0.2) is 5.82 Å². The summed E-state index contributed by atoms with van der Waals surface area (Å²) in [6.07, 6.45) is 6.13. The molecule has 0 saturated carbocycles. The minimum absolute atomic E-state index is 0.142. The van der Waals surface area contributed by atoms with E-state index in [1.54, 1.807) is 30.7 Å². The molecule has 2 heterocycles. The van der Waals surface area contributed by atoms with Crippen LogP contribution in [0.4, 0.5) is 16.2 Å². The Bertz CT molecular complexity index is 787. The third kappa shape index (κ3) is 3.28. The monoisotopic (exact) mass is 312 g/mol. The van der Waals surface area contributed by atoms with Gasteiger partial charge in [-0.1, -0.05) is 19.1 Å². The molecule has 0 aliphatic carbocycles. The molecule has 0 fully saturated rings. The third-order valence-corrected chi connectivity index (χ3v) is 3.32. The van der Waals surface area contributed by atoms with Crippen LogP contribution in [-0.4, -0.2) is 26.2 Å². The first-order valence-electron chi connectivity index (χ1n) is 7.33. The molecule has 7 heteroatoms. The number of anilines is 2. The van der Waals surface area contributed by atoms with Crippen molar-refractivity contribution < 1.29 is 4.39 Å². The molecule has 23 heavy (non-hydrogen) atoms. The van der Waals surface area contributed by atoms with Crippen LogP contribution in [0.3, 0.4) is 0 Å². The number of imidazole rings is 1. The lowest BCUT2D eigenvalue weighted by molar-refractivity contribution is 0.628. The fourth-order valence-electron chi connectivity index (χ4n) is 2.34. The number of rotatable bonds is 5. The van der Waals surface area contributed by atoms with Gasteiger partial charge in [-0.25, -0.2) is 19.0 Å². The van der Waals surface area contributed by atoms with Gasteiger partial charge in [-0.3, -0.25) is 5.01 Å². The summed E-state index contributed by atoms with van der Waals surface area (Å²) in [6.45, 7) is 2.80. The fraction of sp³-hybridized carbons (Fsp3) is 0.188. The molecule has 3 aromatic rings.